The number of benzene rings is 1. The minimum atomic E-state index is -0.237. The third-order valence-electron chi connectivity index (χ3n) is 3.82. The number of hydrogen-bond donors (Lipinski definition) is 4. The van der Waals surface area contributed by atoms with Crippen LogP contribution in [-0.2, 0) is 4.79 Å². The van der Waals surface area contributed by atoms with Crippen LogP contribution in [0.3, 0.4) is 0 Å². The fraction of sp³-hybridized carbons (Fsp3) is 0.235. The molecule has 0 aliphatic heterocycles. The van der Waals surface area contributed by atoms with E-state index < -0.39 is 0 Å². The van der Waals surface area contributed by atoms with Crippen LogP contribution in [0.1, 0.15) is 25.3 Å². The van der Waals surface area contributed by atoms with Gasteiger partial charge in [0, 0.05) is 17.9 Å². The number of anilines is 1. The topological polar surface area (TPSA) is 136 Å². The van der Waals surface area contributed by atoms with Crippen molar-refractivity contribution in [2.45, 2.75) is 24.9 Å². The van der Waals surface area contributed by atoms with Crippen molar-refractivity contribution in [3.63, 3.8) is 0 Å². The van der Waals surface area contributed by atoms with Gasteiger partial charge < -0.3 is 15.5 Å². The quantitative estimate of drug-likeness (QED) is 0.123. The molecule has 0 saturated heterocycles. The number of H-pyrrole nitrogens is 2. The molecule has 9 nitrogen and oxygen atoms in total. The SMILES string of the molecule is C/C(=N/O)c1ccc(NC(=O)CCCSc2nc3[nH]ncc3c(=O)[nH]2)cc1. The van der Waals surface area contributed by atoms with E-state index in [1.165, 1.54) is 18.0 Å². The number of oxime groups is 1. The second kappa shape index (κ2) is 8.49. The summed E-state index contributed by atoms with van der Waals surface area (Å²) in [6.45, 7) is 1.69. The van der Waals surface area contributed by atoms with Crippen LogP contribution in [0.4, 0.5) is 5.69 Å². The van der Waals surface area contributed by atoms with Gasteiger partial charge in [0.2, 0.25) is 5.91 Å². The highest BCUT2D eigenvalue weighted by molar-refractivity contribution is 7.99. The van der Waals surface area contributed by atoms with E-state index in [1.54, 1.807) is 31.2 Å². The number of thioether (sulfide) groups is 1. The van der Waals surface area contributed by atoms with Crippen LogP contribution in [-0.4, -0.2) is 42.7 Å². The van der Waals surface area contributed by atoms with Gasteiger partial charge >= 0.3 is 0 Å². The number of amides is 1. The second-order valence-corrected chi connectivity index (χ2v) is 6.85. The lowest BCUT2D eigenvalue weighted by atomic mass is 10.1. The molecule has 0 saturated carbocycles. The molecule has 0 spiro atoms. The van der Waals surface area contributed by atoms with Gasteiger partial charge in [-0.2, -0.15) is 5.10 Å². The van der Waals surface area contributed by atoms with Crippen LogP contribution in [0.2, 0.25) is 0 Å². The third-order valence-corrected chi connectivity index (χ3v) is 4.78. The van der Waals surface area contributed by atoms with Crippen molar-refractivity contribution in [1.82, 2.24) is 20.2 Å². The molecule has 3 rings (SSSR count). The number of carbonyl (C=O) groups is 1. The minimum Gasteiger partial charge on any atom is -0.411 e. The summed E-state index contributed by atoms with van der Waals surface area (Å²) in [5, 5.41) is 22.1. The number of hydrogen-bond acceptors (Lipinski definition) is 7. The Morgan fingerprint density at radius 3 is 2.85 bits per heavy atom. The maximum Gasteiger partial charge on any atom is 0.262 e. The highest BCUT2D eigenvalue weighted by Crippen LogP contribution is 2.16. The summed E-state index contributed by atoms with van der Waals surface area (Å²) in [4.78, 5) is 30.8. The number of carbonyl (C=O) groups excluding carboxylic acids is 1. The first-order chi connectivity index (χ1) is 13.1. The lowest BCUT2D eigenvalue weighted by Crippen LogP contribution is -2.12. The summed E-state index contributed by atoms with van der Waals surface area (Å²) >= 11 is 1.38. The molecular formula is C17H18N6O3S. The molecule has 2 heterocycles. The Hall–Kier alpha value is -3.14. The van der Waals surface area contributed by atoms with Gasteiger partial charge in [-0.3, -0.25) is 14.7 Å². The lowest BCUT2D eigenvalue weighted by Gasteiger charge is -2.06. The summed E-state index contributed by atoms with van der Waals surface area (Å²) in [6.07, 6.45) is 2.42. The Balaban J connectivity index is 1.45. The first-order valence-electron chi connectivity index (χ1n) is 8.22. The maximum atomic E-state index is 12.0. The van der Waals surface area contributed by atoms with Crippen molar-refractivity contribution < 1.29 is 10.0 Å². The van der Waals surface area contributed by atoms with E-state index in [9.17, 15) is 9.59 Å². The molecule has 1 amide bonds. The Labute approximate surface area is 158 Å². The standard InChI is InChI=1S/C17H18N6O3S/c1-10(23-26)11-4-6-12(7-5-11)19-14(24)3-2-8-27-17-20-15-13(9-18-22-15)16(25)21-17/h4-7,9,26H,2-3,8H2,1H3,(H,19,24)(H2,18,20,21,22,25)/b23-10-. The molecule has 1 aromatic carbocycles. The average Bonchev–Trinajstić information content (AvgIpc) is 3.14. The minimum absolute atomic E-state index is 0.0960. The number of rotatable bonds is 7. The van der Waals surface area contributed by atoms with E-state index in [-0.39, 0.29) is 11.5 Å². The third kappa shape index (κ3) is 4.73. The van der Waals surface area contributed by atoms with Crippen LogP contribution in [0.15, 0.2) is 45.6 Å². The molecule has 140 valence electrons. The first-order valence-corrected chi connectivity index (χ1v) is 9.20. The van der Waals surface area contributed by atoms with E-state index in [0.717, 1.165) is 5.56 Å². The van der Waals surface area contributed by atoms with Crippen molar-refractivity contribution in [3.8, 4) is 0 Å². The highest BCUT2D eigenvalue weighted by Gasteiger charge is 2.07. The van der Waals surface area contributed by atoms with E-state index in [4.69, 9.17) is 5.21 Å². The molecule has 4 N–H and O–H groups in total. The Kier molecular flexibility index (Phi) is 5.87. The van der Waals surface area contributed by atoms with Gasteiger partial charge in [0.15, 0.2) is 10.8 Å². The van der Waals surface area contributed by atoms with Crippen LogP contribution in [0.5, 0.6) is 0 Å². The van der Waals surface area contributed by atoms with Gasteiger partial charge in [-0.1, -0.05) is 29.1 Å². The summed E-state index contributed by atoms with van der Waals surface area (Å²) in [6, 6.07) is 7.05. The van der Waals surface area contributed by atoms with Crippen molar-refractivity contribution in [2.24, 2.45) is 5.16 Å². The molecule has 0 aliphatic rings. The summed E-state index contributed by atoms with van der Waals surface area (Å²) < 4.78 is 0. The summed E-state index contributed by atoms with van der Waals surface area (Å²) in [7, 11) is 0. The van der Waals surface area contributed by atoms with Crippen LogP contribution < -0.4 is 10.9 Å². The zero-order chi connectivity index (χ0) is 19.2. The molecule has 3 aromatic rings. The molecule has 0 fully saturated rings. The van der Waals surface area contributed by atoms with E-state index >= 15 is 0 Å². The van der Waals surface area contributed by atoms with Gasteiger partial charge in [-0.05, 0) is 31.0 Å². The van der Waals surface area contributed by atoms with Gasteiger partial charge in [-0.25, -0.2) is 4.98 Å². The monoisotopic (exact) mass is 386 g/mol. The molecule has 0 aliphatic carbocycles. The van der Waals surface area contributed by atoms with Gasteiger partial charge in [-0.15, -0.1) is 0 Å². The van der Waals surface area contributed by atoms with Crippen molar-refractivity contribution in [3.05, 3.63) is 46.4 Å². The predicted octanol–water partition coefficient (Wildman–Crippen LogP) is 2.36. The predicted molar refractivity (Wildman–Crippen MR) is 104 cm³/mol. The van der Waals surface area contributed by atoms with E-state index in [2.05, 4.69) is 30.6 Å². The number of nitrogens with zero attached hydrogens (tertiary/aromatic N) is 3. The molecule has 2 aromatic heterocycles. The smallest absolute Gasteiger partial charge is 0.262 e. The molecule has 27 heavy (non-hydrogen) atoms. The Morgan fingerprint density at radius 2 is 2.11 bits per heavy atom. The van der Waals surface area contributed by atoms with Crippen LogP contribution in [0.25, 0.3) is 11.0 Å². The number of aromatic amines is 2. The Bertz CT molecular complexity index is 1030. The molecule has 0 unspecified atom stereocenters. The van der Waals surface area contributed by atoms with Crippen molar-refractivity contribution in [2.75, 3.05) is 11.1 Å². The molecule has 0 radical (unpaired) electrons. The van der Waals surface area contributed by atoms with Crippen LogP contribution in [0, 0.1) is 0 Å². The maximum absolute atomic E-state index is 12.0. The van der Waals surface area contributed by atoms with Crippen molar-refractivity contribution in [1.29, 1.82) is 0 Å². The first kappa shape index (κ1) is 18.6. The highest BCUT2D eigenvalue weighted by atomic mass is 32.2. The molecule has 0 bridgehead atoms. The average molecular weight is 386 g/mol. The van der Waals surface area contributed by atoms with Gasteiger partial charge in [0.05, 0.1) is 11.9 Å². The lowest BCUT2D eigenvalue weighted by molar-refractivity contribution is -0.116. The Morgan fingerprint density at radius 1 is 1.33 bits per heavy atom. The summed E-state index contributed by atoms with van der Waals surface area (Å²) in [5.74, 6) is 0.544. The second-order valence-electron chi connectivity index (χ2n) is 5.77. The summed E-state index contributed by atoms with van der Waals surface area (Å²) in [5.41, 5.74) is 2.17. The number of nitrogens with one attached hydrogen (secondary N) is 3. The largest absolute Gasteiger partial charge is 0.411 e. The fourth-order valence-electron chi connectivity index (χ4n) is 2.37. The zero-order valence-electron chi connectivity index (χ0n) is 14.5. The van der Waals surface area contributed by atoms with E-state index in [1.807, 2.05) is 0 Å². The van der Waals surface area contributed by atoms with Gasteiger partial charge in [0.1, 0.15) is 5.39 Å². The zero-order valence-corrected chi connectivity index (χ0v) is 15.3. The van der Waals surface area contributed by atoms with Crippen molar-refractivity contribution >= 4 is 40.1 Å². The van der Waals surface area contributed by atoms with Gasteiger partial charge in [0.25, 0.3) is 5.56 Å². The molecular weight excluding hydrogens is 368 g/mol. The van der Waals surface area contributed by atoms with Crippen LogP contribution >= 0.6 is 11.8 Å². The fourth-order valence-corrected chi connectivity index (χ4v) is 3.17. The molecule has 10 heteroatoms. The normalized spacial score (nSPS) is 11.7. The van der Waals surface area contributed by atoms with E-state index in [0.29, 0.717) is 46.2 Å². The number of fused-ring (bicyclic) bond motifs is 1. The molecule has 0 atom stereocenters. The number of aromatic nitrogens is 4.